The van der Waals surface area contributed by atoms with Gasteiger partial charge in [-0.2, -0.15) is 56.2 Å². The summed E-state index contributed by atoms with van der Waals surface area (Å²) in [5, 5.41) is 9.28. The van der Waals surface area contributed by atoms with Crippen molar-refractivity contribution in [3.63, 3.8) is 0 Å². The molecule has 0 unspecified atom stereocenters. The van der Waals surface area contributed by atoms with Crippen molar-refractivity contribution in [2.24, 2.45) is 0 Å². The molecule has 3 saturated heterocycles. The minimum absolute atomic E-state index is 0.158. The molecule has 5 heterocycles. The molecular weight excluding hydrogens is 752 g/mol. The second kappa shape index (κ2) is 17.9. The molecule has 0 bridgehead atoms. The third-order valence-electron chi connectivity index (χ3n) is 10.4. The van der Waals surface area contributed by atoms with Gasteiger partial charge in [-0.05, 0) is 62.1 Å². The lowest BCUT2D eigenvalue weighted by Crippen LogP contribution is -3.15. The Labute approximate surface area is 327 Å². The summed E-state index contributed by atoms with van der Waals surface area (Å²) in [6.07, 6.45) is -0.487. The van der Waals surface area contributed by atoms with Crippen LogP contribution in [0.4, 0.5) is 73.4 Å². The summed E-state index contributed by atoms with van der Waals surface area (Å²) in [5.41, 5.74) is -1.07. The van der Waals surface area contributed by atoms with Gasteiger partial charge in [0.25, 0.3) is 0 Å². The molecule has 2 aromatic carbocycles. The van der Waals surface area contributed by atoms with Gasteiger partial charge in [0.05, 0.1) is 50.4 Å². The molecule has 0 saturated carbocycles. The first-order chi connectivity index (χ1) is 27.5. The standard InChI is InChI=1S/C38H47F6N13/c39-37(40,41)27-11-9-13-29(25-27)46-32-48-31(49-34(50-32)55-16-5-1-2-6-17-55)45-15-20-54-21-23-57(24-22-54)36-52-33(47-30-14-10-12-28(26-30)38(42,43)44)51-35(53-36)56-18-7-3-4-8-19-56/h9-14,25-26H,1-8,15-24H2,(H,47,51,52,53)(H2,45,46,48,49,50)/p+1. The Morgan fingerprint density at radius 2 is 0.930 bits per heavy atom. The van der Waals surface area contributed by atoms with Crippen molar-refractivity contribution >= 4 is 47.1 Å². The van der Waals surface area contributed by atoms with Crippen LogP contribution in [0.1, 0.15) is 62.5 Å². The molecule has 0 radical (unpaired) electrons. The summed E-state index contributed by atoms with van der Waals surface area (Å²) in [6.45, 7) is 7.29. The molecule has 3 fully saturated rings. The molecule has 0 aliphatic carbocycles. The highest BCUT2D eigenvalue weighted by Crippen LogP contribution is 2.33. The summed E-state index contributed by atoms with van der Waals surface area (Å²) >= 11 is 0. The number of rotatable bonds is 11. The summed E-state index contributed by atoms with van der Waals surface area (Å²) in [5.74, 6) is 2.15. The average Bonchev–Trinajstić information content (AvgIpc) is 3.64. The highest BCUT2D eigenvalue weighted by Gasteiger charge is 2.32. The predicted octanol–water partition coefficient (Wildman–Crippen LogP) is 6.16. The van der Waals surface area contributed by atoms with Gasteiger partial charge in [0.15, 0.2) is 0 Å². The van der Waals surface area contributed by atoms with Gasteiger partial charge in [-0.1, -0.05) is 37.8 Å². The molecule has 3 aliphatic heterocycles. The molecule has 57 heavy (non-hydrogen) atoms. The third-order valence-corrected chi connectivity index (χ3v) is 10.4. The molecule has 4 aromatic rings. The van der Waals surface area contributed by atoms with E-state index in [1.165, 1.54) is 17.0 Å². The van der Waals surface area contributed by atoms with Crippen LogP contribution in [0, 0.1) is 0 Å². The smallest absolute Gasteiger partial charge is 0.348 e. The second-order valence-electron chi connectivity index (χ2n) is 14.7. The Morgan fingerprint density at radius 3 is 1.40 bits per heavy atom. The Kier molecular flexibility index (Phi) is 12.6. The van der Waals surface area contributed by atoms with Gasteiger partial charge >= 0.3 is 12.4 Å². The van der Waals surface area contributed by atoms with Gasteiger partial charge in [0.2, 0.25) is 35.7 Å². The van der Waals surface area contributed by atoms with Gasteiger partial charge < -0.3 is 35.6 Å². The SMILES string of the molecule is FC(F)(F)c1cccc(Nc2nc(NCC[NH+]3CCN(c4nc(Nc5cccc(C(F)(F)F)c5)nc(N5CCCCCC5)n4)CC3)nc(N3CCCCCC3)n2)c1. The van der Waals surface area contributed by atoms with E-state index in [4.69, 9.17) is 9.97 Å². The lowest BCUT2D eigenvalue weighted by atomic mass is 10.2. The average molecular weight is 801 g/mol. The van der Waals surface area contributed by atoms with E-state index in [2.05, 4.69) is 50.6 Å². The highest BCUT2D eigenvalue weighted by atomic mass is 19.4. The number of benzene rings is 2. The number of nitrogens with one attached hydrogen (secondary N) is 4. The molecule has 19 heteroatoms. The van der Waals surface area contributed by atoms with Gasteiger partial charge in [-0.25, -0.2) is 0 Å². The number of hydrogen-bond donors (Lipinski definition) is 4. The Balaban J connectivity index is 1.01. The van der Waals surface area contributed by atoms with Crippen LogP contribution in [0.15, 0.2) is 48.5 Å². The first kappa shape index (κ1) is 40.0. The Morgan fingerprint density at radius 1 is 0.509 bits per heavy atom. The van der Waals surface area contributed by atoms with Crippen LogP contribution >= 0.6 is 0 Å². The lowest BCUT2D eigenvalue weighted by molar-refractivity contribution is -0.898. The van der Waals surface area contributed by atoms with Crippen LogP contribution in [-0.4, -0.2) is 95.4 Å². The first-order valence-electron chi connectivity index (χ1n) is 19.7. The van der Waals surface area contributed by atoms with E-state index in [1.54, 1.807) is 12.1 Å². The maximum absolute atomic E-state index is 13.5. The topological polar surface area (TPSA) is 128 Å². The van der Waals surface area contributed by atoms with Crippen LogP contribution in [0.5, 0.6) is 0 Å². The van der Waals surface area contributed by atoms with E-state index < -0.39 is 23.5 Å². The first-order valence-corrected chi connectivity index (χ1v) is 19.7. The number of alkyl halides is 6. The van der Waals surface area contributed by atoms with E-state index in [0.29, 0.717) is 43.4 Å². The monoisotopic (exact) mass is 800 g/mol. The van der Waals surface area contributed by atoms with Crippen molar-refractivity contribution in [3.05, 3.63) is 59.7 Å². The molecule has 0 spiro atoms. The fourth-order valence-electron chi connectivity index (χ4n) is 7.30. The molecule has 306 valence electrons. The van der Waals surface area contributed by atoms with Crippen molar-refractivity contribution in [2.75, 3.05) is 96.1 Å². The number of aromatic nitrogens is 6. The predicted molar refractivity (Wildman–Crippen MR) is 207 cm³/mol. The Hall–Kier alpha value is -5.20. The van der Waals surface area contributed by atoms with Crippen molar-refractivity contribution in [2.45, 2.75) is 63.7 Å². The van der Waals surface area contributed by atoms with Crippen LogP contribution in [0.3, 0.4) is 0 Å². The van der Waals surface area contributed by atoms with Gasteiger partial charge in [0, 0.05) is 37.6 Å². The van der Waals surface area contributed by atoms with Crippen molar-refractivity contribution < 1.29 is 31.2 Å². The normalized spacial score (nSPS) is 17.5. The molecule has 0 atom stereocenters. The van der Waals surface area contributed by atoms with Gasteiger partial charge in [-0.15, -0.1) is 0 Å². The largest absolute Gasteiger partial charge is 0.416 e. The molecule has 4 N–H and O–H groups in total. The zero-order chi connectivity index (χ0) is 39.8. The van der Waals surface area contributed by atoms with Crippen molar-refractivity contribution in [1.82, 2.24) is 29.9 Å². The lowest BCUT2D eigenvalue weighted by Gasteiger charge is -2.33. The summed E-state index contributed by atoms with van der Waals surface area (Å²) in [7, 11) is 0. The van der Waals surface area contributed by atoms with Gasteiger partial charge in [-0.3, -0.25) is 0 Å². The zero-order valence-corrected chi connectivity index (χ0v) is 31.6. The number of nitrogens with zero attached hydrogens (tertiary/aromatic N) is 9. The van der Waals surface area contributed by atoms with Gasteiger partial charge in [0.1, 0.15) is 0 Å². The summed E-state index contributed by atoms with van der Waals surface area (Å²) in [4.78, 5) is 35.6. The van der Waals surface area contributed by atoms with Crippen LogP contribution in [0.2, 0.25) is 0 Å². The molecule has 13 nitrogen and oxygen atoms in total. The van der Waals surface area contributed by atoms with E-state index in [-0.39, 0.29) is 23.3 Å². The Bertz CT molecular complexity index is 1920. The number of halogens is 6. The highest BCUT2D eigenvalue weighted by molar-refractivity contribution is 5.59. The van der Waals surface area contributed by atoms with Crippen molar-refractivity contribution in [3.8, 4) is 0 Å². The zero-order valence-electron chi connectivity index (χ0n) is 31.6. The van der Waals surface area contributed by atoms with E-state index in [0.717, 1.165) is 121 Å². The minimum atomic E-state index is -4.48. The minimum Gasteiger partial charge on any atom is -0.348 e. The summed E-state index contributed by atoms with van der Waals surface area (Å²) in [6, 6.07) is 9.93. The maximum Gasteiger partial charge on any atom is 0.416 e. The second-order valence-corrected chi connectivity index (χ2v) is 14.7. The summed E-state index contributed by atoms with van der Waals surface area (Å²) < 4.78 is 80.6. The van der Waals surface area contributed by atoms with Crippen LogP contribution in [0.25, 0.3) is 0 Å². The van der Waals surface area contributed by atoms with Crippen LogP contribution < -0.4 is 35.6 Å². The third kappa shape index (κ3) is 11.0. The van der Waals surface area contributed by atoms with Crippen LogP contribution in [-0.2, 0) is 12.4 Å². The van der Waals surface area contributed by atoms with E-state index >= 15 is 0 Å². The van der Waals surface area contributed by atoms with E-state index in [1.807, 2.05) is 0 Å². The number of anilines is 8. The molecule has 7 rings (SSSR count). The molecular formula is C38H48F6N13+. The fourth-order valence-corrected chi connectivity index (χ4v) is 7.30. The van der Waals surface area contributed by atoms with E-state index in [9.17, 15) is 26.3 Å². The fraction of sp³-hybridized carbons (Fsp3) is 0.526. The number of piperazine rings is 1. The molecule has 3 aliphatic rings. The molecule has 2 aromatic heterocycles. The quantitative estimate of drug-likeness (QED) is 0.130. The van der Waals surface area contributed by atoms with Crippen molar-refractivity contribution in [1.29, 1.82) is 0 Å². The molecule has 0 amide bonds. The number of quaternary nitrogens is 1. The number of hydrogen-bond acceptors (Lipinski definition) is 12. The maximum atomic E-state index is 13.5.